The van der Waals surface area contributed by atoms with E-state index in [1.54, 1.807) is 12.1 Å². The van der Waals surface area contributed by atoms with E-state index in [1.165, 1.54) is 6.07 Å². The SMILES string of the molecule is CCN1CCCC(NC(=O)NCC(C)(C)c2ccccc2F)C1. The minimum atomic E-state index is -0.454. The summed E-state index contributed by atoms with van der Waals surface area (Å²) in [5.41, 5.74) is 0.167. The quantitative estimate of drug-likeness (QED) is 0.876. The first-order valence-corrected chi connectivity index (χ1v) is 8.44. The summed E-state index contributed by atoms with van der Waals surface area (Å²) >= 11 is 0. The van der Waals surface area contributed by atoms with Crippen LogP contribution in [-0.4, -0.2) is 43.2 Å². The number of carbonyl (C=O) groups is 1. The largest absolute Gasteiger partial charge is 0.337 e. The number of urea groups is 1. The minimum Gasteiger partial charge on any atom is -0.337 e. The molecule has 1 saturated heterocycles. The molecule has 128 valence electrons. The van der Waals surface area contributed by atoms with Crippen molar-refractivity contribution in [2.24, 2.45) is 0 Å². The minimum absolute atomic E-state index is 0.169. The fourth-order valence-corrected chi connectivity index (χ4v) is 3.10. The Morgan fingerprint density at radius 3 is 2.83 bits per heavy atom. The molecule has 0 saturated carbocycles. The molecule has 1 unspecified atom stereocenters. The number of likely N-dealkylation sites (N-methyl/N-ethyl adjacent to an activating group) is 1. The maximum atomic E-state index is 13.9. The molecule has 0 spiro atoms. The van der Waals surface area contributed by atoms with Gasteiger partial charge in [0.2, 0.25) is 0 Å². The van der Waals surface area contributed by atoms with Gasteiger partial charge in [-0.3, -0.25) is 0 Å². The van der Waals surface area contributed by atoms with Crippen molar-refractivity contribution in [2.45, 2.75) is 45.1 Å². The molecular weight excluding hydrogens is 293 g/mol. The zero-order chi connectivity index (χ0) is 16.9. The lowest BCUT2D eigenvalue weighted by atomic mass is 9.84. The number of amides is 2. The van der Waals surface area contributed by atoms with E-state index in [9.17, 15) is 9.18 Å². The van der Waals surface area contributed by atoms with Crippen molar-refractivity contribution in [1.29, 1.82) is 0 Å². The number of likely N-dealkylation sites (tertiary alicyclic amines) is 1. The Kier molecular flexibility index (Phi) is 5.99. The van der Waals surface area contributed by atoms with Crippen LogP contribution in [0.2, 0.25) is 0 Å². The highest BCUT2D eigenvalue weighted by Crippen LogP contribution is 2.24. The molecule has 2 amide bonds. The molecule has 2 N–H and O–H groups in total. The Hall–Kier alpha value is -1.62. The van der Waals surface area contributed by atoms with Gasteiger partial charge in [-0.1, -0.05) is 39.0 Å². The predicted octanol–water partition coefficient (Wildman–Crippen LogP) is 2.89. The highest BCUT2D eigenvalue weighted by molar-refractivity contribution is 5.74. The van der Waals surface area contributed by atoms with E-state index in [1.807, 2.05) is 19.9 Å². The number of nitrogens with zero attached hydrogens (tertiary/aromatic N) is 1. The monoisotopic (exact) mass is 321 g/mol. The van der Waals surface area contributed by atoms with Crippen LogP contribution in [0.3, 0.4) is 0 Å². The van der Waals surface area contributed by atoms with Crippen molar-refractivity contribution in [2.75, 3.05) is 26.2 Å². The van der Waals surface area contributed by atoms with Crippen molar-refractivity contribution in [3.63, 3.8) is 0 Å². The van der Waals surface area contributed by atoms with Gasteiger partial charge in [0.05, 0.1) is 0 Å². The number of hydrogen-bond acceptors (Lipinski definition) is 2. The lowest BCUT2D eigenvalue weighted by Gasteiger charge is -2.32. The second-order valence-electron chi connectivity index (χ2n) is 6.92. The van der Waals surface area contributed by atoms with Gasteiger partial charge in [0.15, 0.2) is 0 Å². The maximum Gasteiger partial charge on any atom is 0.315 e. The van der Waals surface area contributed by atoms with Crippen molar-refractivity contribution in [3.05, 3.63) is 35.6 Å². The van der Waals surface area contributed by atoms with Gasteiger partial charge in [0.25, 0.3) is 0 Å². The lowest BCUT2D eigenvalue weighted by molar-refractivity contribution is 0.191. The predicted molar refractivity (Wildman–Crippen MR) is 91.1 cm³/mol. The first-order valence-electron chi connectivity index (χ1n) is 8.44. The van der Waals surface area contributed by atoms with E-state index in [0.717, 1.165) is 32.5 Å². The smallest absolute Gasteiger partial charge is 0.315 e. The Morgan fingerprint density at radius 1 is 1.39 bits per heavy atom. The van der Waals surface area contributed by atoms with E-state index < -0.39 is 5.41 Å². The fourth-order valence-electron chi connectivity index (χ4n) is 3.10. The Balaban J connectivity index is 1.85. The molecule has 0 aromatic heterocycles. The highest BCUT2D eigenvalue weighted by atomic mass is 19.1. The number of piperidine rings is 1. The molecule has 0 bridgehead atoms. The van der Waals surface area contributed by atoms with E-state index in [0.29, 0.717) is 12.1 Å². The number of rotatable bonds is 5. The first kappa shape index (κ1) is 17.7. The molecule has 23 heavy (non-hydrogen) atoms. The number of benzene rings is 1. The fraction of sp³-hybridized carbons (Fsp3) is 0.611. The second-order valence-corrected chi connectivity index (χ2v) is 6.92. The van der Waals surface area contributed by atoms with Gasteiger partial charge in [-0.15, -0.1) is 0 Å². The van der Waals surface area contributed by atoms with Crippen LogP contribution in [0.4, 0.5) is 9.18 Å². The number of carbonyl (C=O) groups excluding carboxylic acids is 1. The molecule has 4 nitrogen and oxygen atoms in total. The summed E-state index contributed by atoms with van der Waals surface area (Å²) in [5.74, 6) is -0.231. The summed E-state index contributed by atoms with van der Waals surface area (Å²) in [7, 11) is 0. The summed E-state index contributed by atoms with van der Waals surface area (Å²) in [6, 6.07) is 6.75. The van der Waals surface area contributed by atoms with Crippen molar-refractivity contribution in [1.82, 2.24) is 15.5 Å². The second kappa shape index (κ2) is 7.77. The molecule has 1 atom stereocenters. The van der Waals surface area contributed by atoms with Gasteiger partial charge in [-0.25, -0.2) is 9.18 Å². The number of nitrogens with one attached hydrogen (secondary N) is 2. The van der Waals surface area contributed by atoms with Crippen LogP contribution in [0.15, 0.2) is 24.3 Å². The average Bonchev–Trinajstić information content (AvgIpc) is 2.53. The van der Waals surface area contributed by atoms with E-state index in [-0.39, 0.29) is 17.9 Å². The number of hydrogen-bond donors (Lipinski definition) is 2. The summed E-state index contributed by atoms with van der Waals surface area (Å²) < 4.78 is 13.9. The molecule has 1 aromatic rings. The van der Waals surface area contributed by atoms with E-state index in [4.69, 9.17) is 0 Å². The van der Waals surface area contributed by atoms with Crippen LogP contribution >= 0.6 is 0 Å². The summed E-state index contributed by atoms with van der Waals surface area (Å²) in [4.78, 5) is 14.5. The summed E-state index contributed by atoms with van der Waals surface area (Å²) in [6.45, 7) is 9.43. The van der Waals surface area contributed by atoms with Crippen LogP contribution in [-0.2, 0) is 5.41 Å². The van der Waals surface area contributed by atoms with Gasteiger partial charge in [-0.2, -0.15) is 0 Å². The third kappa shape index (κ3) is 4.93. The highest BCUT2D eigenvalue weighted by Gasteiger charge is 2.25. The molecule has 2 rings (SSSR count). The number of halogens is 1. The molecule has 5 heteroatoms. The third-order valence-corrected chi connectivity index (χ3v) is 4.58. The molecule has 1 heterocycles. The van der Waals surface area contributed by atoms with Crippen molar-refractivity contribution in [3.8, 4) is 0 Å². The summed E-state index contributed by atoms with van der Waals surface area (Å²) in [5, 5.41) is 5.93. The van der Waals surface area contributed by atoms with Crippen molar-refractivity contribution >= 4 is 6.03 Å². The van der Waals surface area contributed by atoms with Gasteiger partial charge in [0, 0.05) is 24.5 Å². The van der Waals surface area contributed by atoms with Crippen LogP contribution in [0.1, 0.15) is 39.2 Å². The van der Waals surface area contributed by atoms with Gasteiger partial charge < -0.3 is 15.5 Å². The molecular formula is C18H28FN3O. The van der Waals surface area contributed by atoms with E-state index >= 15 is 0 Å². The standard InChI is InChI=1S/C18H28FN3O/c1-4-22-11-7-8-14(12-22)21-17(23)20-13-18(2,3)15-9-5-6-10-16(15)19/h5-6,9-10,14H,4,7-8,11-13H2,1-3H3,(H2,20,21,23). The summed E-state index contributed by atoms with van der Waals surface area (Å²) in [6.07, 6.45) is 2.13. The third-order valence-electron chi connectivity index (χ3n) is 4.58. The normalized spacial score (nSPS) is 19.4. The maximum absolute atomic E-state index is 13.9. The zero-order valence-electron chi connectivity index (χ0n) is 14.4. The van der Waals surface area contributed by atoms with Crippen LogP contribution < -0.4 is 10.6 Å². The molecule has 1 aliphatic heterocycles. The van der Waals surface area contributed by atoms with E-state index in [2.05, 4.69) is 22.5 Å². The lowest BCUT2D eigenvalue weighted by Crippen LogP contribution is -2.51. The van der Waals surface area contributed by atoms with Gasteiger partial charge in [0.1, 0.15) is 5.82 Å². The van der Waals surface area contributed by atoms with Crippen LogP contribution in [0.25, 0.3) is 0 Å². The Morgan fingerprint density at radius 2 is 2.13 bits per heavy atom. The van der Waals surface area contributed by atoms with Gasteiger partial charge >= 0.3 is 6.03 Å². The Bertz CT molecular complexity index is 533. The topological polar surface area (TPSA) is 44.4 Å². The molecule has 1 aromatic carbocycles. The molecule has 1 fully saturated rings. The van der Waals surface area contributed by atoms with Crippen LogP contribution in [0, 0.1) is 5.82 Å². The Labute approximate surface area is 138 Å². The van der Waals surface area contributed by atoms with Crippen molar-refractivity contribution < 1.29 is 9.18 Å². The van der Waals surface area contributed by atoms with Crippen LogP contribution in [0.5, 0.6) is 0 Å². The molecule has 0 aliphatic carbocycles. The molecule has 0 radical (unpaired) electrons. The van der Waals surface area contributed by atoms with Gasteiger partial charge in [-0.05, 0) is 37.6 Å². The average molecular weight is 321 g/mol. The molecule has 1 aliphatic rings. The first-order chi connectivity index (χ1) is 10.9. The zero-order valence-corrected chi connectivity index (χ0v) is 14.4.